The molecule has 0 amide bonds. The van der Waals surface area contributed by atoms with Gasteiger partial charge in [-0.1, -0.05) is 26.7 Å². The van der Waals surface area contributed by atoms with Crippen LogP contribution in [0.5, 0.6) is 0 Å². The summed E-state index contributed by atoms with van der Waals surface area (Å²) in [7, 11) is -3.02. The number of unbranched alkanes of at least 4 members (excludes halogenated alkanes) is 1. The number of nitrogens with one attached hydrogen (secondary N) is 1. The van der Waals surface area contributed by atoms with E-state index in [0.717, 1.165) is 12.8 Å². The first kappa shape index (κ1) is 15.4. The third kappa shape index (κ3) is 6.79. The maximum Gasteiger partial charge on any atom is 0.320 e. The van der Waals surface area contributed by atoms with Gasteiger partial charge < -0.3 is 10.4 Å². The van der Waals surface area contributed by atoms with Crippen LogP contribution >= 0.6 is 0 Å². The minimum absolute atomic E-state index is 0.000590. The number of carboxylic acids is 1. The van der Waals surface area contributed by atoms with Crippen LogP contribution in [0.2, 0.25) is 0 Å². The van der Waals surface area contributed by atoms with Gasteiger partial charge in [0, 0.05) is 12.3 Å². The van der Waals surface area contributed by atoms with Gasteiger partial charge >= 0.3 is 5.97 Å². The van der Waals surface area contributed by atoms with E-state index in [2.05, 4.69) is 5.32 Å². The normalized spacial score (nSPS) is 13.6. The lowest BCUT2D eigenvalue weighted by molar-refractivity contribution is -0.139. The Bertz CT molecular complexity index is 300. The Labute approximate surface area is 97.2 Å². The van der Waals surface area contributed by atoms with Crippen molar-refractivity contribution in [1.82, 2.24) is 5.32 Å². The predicted octanol–water partition coefficient (Wildman–Crippen LogP) is 0.654. The second kappa shape index (κ2) is 7.62. The Morgan fingerprint density at radius 2 is 2.00 bits per heavy atom. The minimum Gasteiger partial charge on any atom is -0.480 e. The monoisotopic (exact) mass is 251 g/mol. The molecule has 0 aliphatic rings. The third-order valence-corrected chi connectivity index (χ3v) is 4.09. The van der Waals surface area contributed by atoms with Gasteiger partial charge in [-0.2, -0.15) is 0 Å². The summed E-state index contributed by atoms with van der Waals surface area (Å²) in [5.41, 5.74) is 0. The second-order valence-corrected chi connectivity index (χ2v) is 6.20. The van der Waals surface area contributed by atoms with Gasteiger partial charge in [0.25, 0.3) is 0 Å². The number of sulfone groups is 1. The van der Waals surface area contributed by atoms with E-state index >= 15 is 0 Å². The second-order valence-electron chi connectivity index (χ2n) is 3.72. The van der Waals surface area contributed by atoms with Crippen molar-refractivity contribution >= 4 is 15.8 Å². The van der Waals surface area contributed by atoms with Crippen LogP contribution in [0.1, 0.15) is 33.1 Å². The molecule has 0 radical (unpaired) electrons. The molecule has 2 N–H and O–H groups in total. The first-order valence-corrected chi connectivity index (χ1v) is 7.41. The Hall–Kier alpha value is -0.620. The number of carbonyl (C=O) groups is 1. The maximum atomic E-state index is 11.2. The van der Waals surface area contributed by atoms with E-state index in [-0.39, 0.29) is 18.1 Å². The molecule has 6 heteroatoms. The van der Waals surface area contributed by atoms with Crippen molar-refractivity contribution < 1.29 is 18.3 Å². The zero-order valence-corrected chi connectivity index (χ0v) is 10.7. The largest absolute Gasteiger partial charge is 0.480 e. The highest BCUT2D eigenvalue weighted by molar-refractivity contribution is 7.91. The van der Waals surface area contributed by atoms with E-state index in [1.54, 1.807) is 6.92 Å². The average molecular weight is 251 g/mol. The van der Waals surface area contributed by atoms with Crippen molar-refractivity contribution in [3.8, 4) is 0 Å². The van der Waals surface area contributed by atoms with Crippen LogP contribution < -0.4 is 5.32 Å². The fraction of sp³-hybridized carbons (Fsp3) is 0.900. The van der Waals surface area contributed by atoms with Crippen LogP contribution in [-0.4, -0.2) is 43.6 Å². The molecule has 0 fully saturated rings. The Balaban J connectivity index is 3.98. The van der Waals surface area contributed by atoms with Crippen molar-refractivity contribution in [2.45, 2.75) is 39.2 Å². The van der Waals surface area contributed by atoms with Crippen molar-refractivity contribution in [3.63, 3.8) is 0 Å². The molecule has 0 aromatic heterocycles. The molecule has 1 unspecified atom stereocenters. The summed E-state index contributed by atoms with van der Waals surface area (Å²) in [6, 6.07) is -0.632. The fourth-order valence-corrected chi connectivity index (χ4v) is 1.97. The maximum absolute atomic E-state index is 11.2. The number of carboxylic acid groups (broad SMARTS) is 1. The van der Waals surface area contributed by atoms with Gasteiger partial charge in [-0.15, -0.1) is 0 Å². The molecule has 0 spiro atoms. The number of hydrogen-bond donors (Lipinski definition) is 2. The molecule has 96 valence electrons. The van der Waals surface area contributed by atoms with E-state index in [4.69, 9.17) is 5.11 Å². The first-order valence-electron chi connectivity index (χ1n) is 5.59. The number of rotatable bonds is 9. The quantitative estimate of drug-likeness (QED) is 0.629. The molecule has 0 saturated carbocycles. The molecule has 16 heavy (non-hydrogen) atoms. The highest BCUT2D eigenvalue weighted by Crippen LogP contribution is 2.00. The summed E-state index contributed by atoms with van der Waals surface area (Å²) in [4.78, 5) is 10.8. The number of hydrogen-bond acceptors (Lipinski definition) is 4. The SMILES string of the molecule is CCCCC(NCCS(=O)(=O)CC)C(=O)O. The molecule has 0 saturated heterocycles. The summed E-state index contributed by atoms with van der Waals surface area (Å²) in [6.45, 7) is 3.78. The van der Waals surface area contributed by atoms with E-state index in [9.17, 15) is 13.2 Å². The zero-order valence-electron chi connectivity index (χ0n) is 9.90. The molecule has 0 aromatic rings. The Morgan fingerprint density at radius 1 is 1.38 bits per heavy atom. The summed E-state index contributed by atoms with van der Waals surface area (Å²) in [5.74, 6) is -0.816. The van der Waals surface area contributed by atoms with Crippen LogP contribution in [0.4, 0.5) is 0 Å². The smallest absolute Gasteiger partial charge is 0.320 e. The van der Waals surface area contributed by atoms with Crippen LogP contribution in [0.15, 0.2) is 0 Å². The zero-order chi connectivity index (χ0) is 12.6. The van der Waals surface area contributed by atoms with Gasteiger partial charge in [0.15, 0.2) is 9.84 Å². The van der Waals surface area contributed by atoms with Crippen LogP contribution in [-0.2, 0) is 14.6 Å². The van der Waals surface area contributed by atoms with E-state index < -0.39 is 21.8 Å². The van der Waals surface area contributed by atoms with Crippen molar-refractivity contribution in [2.75, 3.05) is 18.1 Å². The highest BCUT2D eigenvalue weighted by atomic mass is 32.2. The Morgan fingerprint density at radius 3 is 2.44 bits per heavy atom. The minimum atomic E-state index is -3.02. The van der Waals surface area contributed by atoms with Gasteiger partial charge in [-0.25, -0.2) is 8.42 Å². The third-order valence-electron chi connectivity index (χ3n) is 2.39. The van der Waals surface area contributed by atoms with Crippen molar-refractivity contribution in [3.05, 3.63) is 0 Å². The lowest BCUT2D eigenvalue weighted by Crippen LogP contribution is -2.39. The first-order chi connectivity index (χ1) is 7.43. The molecule has 0 aliphatic carbocycles. The molecule has 0 rings (SSSR count). The molecule has 5 nitrogen and oxygen atoms in total. The van der Waals surface area contributed by atoms with Crippen LogP contribution in [0, 0.1) is 0 Å². The van der Waals surface area contributed by atoms with E-state index in [1.165, 1.54) is 0 Å². The van der Waals surface area contributed by atoms with Gasteiger partial charge in [-0.3, -0.25) is 4.79 Å². The molecule has 0 bridgehead atoms. The van der Waals surface area contributed by atoms with Gasteiger partial charge in [0.1, 0.15) is 6.04 Å². The topological polar surface area (TPSA) is 83.5 Å². The molecule has 0 aromatic carbocycles. The lowest BCUT2D eigenvalue weighted by Gasteiger charge is -2.13. The summed E-state index contributed by atoms with van der Waals surface area (Å²) in [6.07, 6.45) is 2.29. The van der Waals surface area contributed by atoms with Gasteiger partial charge in [0.2, 0.25) is 0 Å². The van der Waals surface area contributed by atoms with Crippen molar-refractivity contribution in [2.24, 2.45) is 0 Å². The summed E-state index contributed by atoms with van der Waals surface area (Å²) >= 11 is 0. The molecule has 0 aliphatic heterocycles. The molecule has 1 atom stereocenters. The molecular weight excluding hydrogens is 230 g/mol. The van der Waals surface area contributed by atoms with Crippen LogP contribution in [0.25, 0.3) is 0 Å². The fourth-order valence-electron chi connectivity index (χ4n) is 1.25. The standard InChI is InChI=1S/C10H21NO4S/c1-3-5-6-9(10(12)13)11-7-8-16(14,15)4-2/h9,11H,3-8H2,1-2H3,(H,12,13). The highest BCUT2D eigenvalue weighted by Gasteiger charge is 2.16. The van der Waals surface area contributed by atoms with E-state index in [0.29, 0.717) is 6.42 Å². The average Bonchev–Trinajstić information content (AvgIpc) is 2.22. The summed E-state index contributed by atoms with van der Waals surface area (Å²) in [5, 5.41) is 11.6. The predicted molar refractivity (Wildman–Crippen MR) is 63.3 cm³/mol. The number of aliphatic carboxylic acids is 1. The lowest BCUT2D eigenvalue weighted by atomic mass is 10.1. The van der Waals surface area contributed by atoms with Crippen LogP contribution in [0.3, 0.4) is 0 Å². The molecule has 0 heterocycles. The van der Waals surface area contributed by atoms with Crippen molar-refractivity contribution in [1.29, 1.82) is 0 Å². The Kier molecular flexibility index (Phi) is 7.33. The summed E-state index contributed by atoms with van der Waals surface area (Å²) < 4.78 is 22.4. The van der Waals surface area contributed by atoms with E-state index in [1.807, 2.05) is 6.92 Å². The molecular formula is C10H21NO4S. The van der Waals surface area contributed by atoms with Gasteiger partial charge in [-0.05, 0) is 6.42 Å². The van der Waals surface area contributed by atoms with Gasteiger partial charge in [0.05, 0.1) is 5.75 Å².